The maximum absolute atomic E-state index is 13.2. The van der Waals surface area contributed by atoms with Gasteiger partial charge in [-0.1, -0.05) is 13.8 Å². The van der Waals surface area contributed by atoms with Crippen molar-refractivity contribution in [3.8, 4) is 5.69 Å². The molecule has 0 aliphatic carbocycles. The van der Waals surface area contributed by atoms with Gasteiger partial charge in [0.2, 0.25) is 0 Å². The Labute approximate surface area is 141 Å². The Balaban J connectivity index is 1.88. The Morgan fingerprint density at radius 1 is 1.29 bits per heavy atom. The predicted molar refractivity (Wildman–Crippen MR) is 91.0 cm³/mol. The van der Waals surface area contributed by atoms with Gasteiger partial charge in [0.05, 0.1) is 23.1 Å². The van der Waals surface area contributed by atoms with Gasteiger partial charge in [-0.2, -0.15) is 5.10 Å². The number of halogens is 1. The van der Waals surface area contributed by atoms with E-state index in [2.05, 4.69) is 15.7 Å². The van der Waals surface area contributed by atoms with Gasteiger partial charge in [-0.05, 0) is 56.1 Å². The highest BCUT2D eigenvalue weighted by Crippen LogP contribution is 2.23. The molecule has 5 nitrogen and oxygen atoms in total. The summed E-state index contributed by atoms with van der Waals surface area (Å²) in [5.74, 6) is -0.258. The number of piperidine rings is 1. The van der Waals surface area contributed by atoms with Crippen LogP contribution >= 0.6 is 0 Å². The molecule has 0 unspecified atom stereocenters. The number of carbonyl (C=O) groups is 1. The van der Waals surface area contributed by atoms with Crippen LogP contribution in [0.2, 0.25) is 0 Å². The van der Waals surface area contributed by atoms with Crippen molar-refractivity contribution in [3.63, 3.8) is 0 Å². The second kappa shape index (κ2) is 7.13. The molecule has 1 amide bonds. The van der Waals surface area contributed by atoms with Gasteiger partial charge >= 0.3 is 0 Å². The molecule has 2 N–H and O–H groups in total. The van der Waals surface area contributed by atoms with Crippen LogP contribution < -0.4 is 10.6 Å². The first-order valence-corrected chi connectivity index (χ1v) is 8.41. The smallest absolute Gasteiger partial charge is 0.255 e. The first-order chi connectivity index (χ1) is 11.6. The van der Waals surface area contributed by atoms with Gasteiger partial charge in [0.15, 0.2) is 0 Å². The van der Waals surface area contributed by atoms with Crippen molar-refractivity contribution in [2.24, 2.45) is 0 Å². The van der Waals surface area contributed by atoms with Gasteiger partial charge in [-0.15, -0.1) is 0 Å². The lowest BCUT2D eigenvalue weighted by atomic mass is 10.0. The molecule has 1 aliphatic rings. The summed E-state index contributed by atoms with van der Waals surface area (Å²) in [6.45, 7) is 5.91. The van der Waals surface area contributed by atoms with Crippen LogP contribution in [0.4, 0.5) is 4.39 Å². The zero-order valence-corrected chi connectivity index (χ0v) is 14.1. The molecule has 1 aromatic carbocycles. The molecule has 24 heavy (non-hydrogen) atoms. The van der Waals surface area contributed by atoms with Crippen molar-refractivity contribution in [1.29, 1.82) is 0 Å². The van der Waals surface area contributed by atoms with E-state index < -0.39 is 0 Å². The van der Waals surface area contributed by atoms with E-state index in [1.54, 1.807) is 23.0 Å². The van der Waals surface area contributed by atoms with Crippen molar-refractivity contribution >= 4 is 5.91 Å². The average Bonchev–Trinajstić information content (AvgIpc) is 3.02. The van der Waals surface area contributed by atoms with Crippen molar-refractivity contribution in [2.45, 2.75) is 38.6 Å². The van der Waals surface area contributed by atoms with E-state index in [1.807, 2.05) is 13.8 Å². The van der Waals surface area contributed by atoms with Crippen LogP contribution in [-0.4, -0.2) is 34.8 Å². The fraction of sp³-hybridized carbons (Fsp3) is 0.444. The van der Waals surface area contributed by atoms with Crippen molar-refractivity contribution < 1.29 is 9.18 Å². The third-order valence-electron chi connectivity index (χ3n) is 4.34. The number of carbonyl (C=O) groups excluding carboxylic acids is 1. The van der Waals surface area contributed by atoms with Crippen molar-refractivity contribution in [3.05, 3.63) is 47.5 Å². The number of aromatic nitrogens is 2. The van der Waals surface area contributed by atoms with Gasteiger partial charge in [0.25, 0.3) is 5.91 Å². The number of hydrogen-bond acceptors (Lipinski definition) is 3. The summed E-state index contributed by atoms with van der Waals surface area (Å²) in [5, 5.41) is 10.8. The van der Waals surface area contributed by atoms with E-state index in [0.717, 1.165) is 37.3 Å². The van der Waals surface area contributed by atoms with Gasteiger partial charge in [-0.3, -0.25) is 4.79 Å². The number of rotatable bonds is 4. The van der Waals surface area contributed by atoms with E-state index in [4.69, 9.17) is 0 Å². The summed E-state index contributed by atoms with van der Waals surface area (Å²) >= 11 is 0. The van der Waals surface area contributed by atoms with E-state index in [1.165, 1.54) is 12.1 Å². The second-order valence-electron chi connectivity index (χ2n) is 6.48. The van der Waals surface area contributed by atoms with Crippen molar-refractivity contribution in [1.82, 2.24) is 20.4 Å². The standard InChI is InChI=1S/C18H23FN4O/c1-12(2)17-16(18(24)22-14-7-9-20-10-8-14)11-21-23(17)15-5-3-13(19)4-6-15/h3-6,11-12,14,20H,7-10H2,1-2H3,(H,22,24). The number of amides is 1. The van der Waals surface area contributed by atoms with Crippen LogP contribution in [0.1, 0.15) is 48.7 Å². The highest BCUT2D eigenvalue weighted by atomic mass is 19.1. The Hall–Kier alpha value is -2.21. The molecule has 1 fully saturated rings. The average molecular weight is 330 g/mol. The minimum atomic E-state index is -0.291. The van der Waals surface area contributed by atoms with Crippen LogP contribution in [-0.2, 0) is 0 Å². The lowest BCUT2D eigenvalue weighted by molar-refractivity contribution is 0.0928. The Kier molecular flexibility index (Phi) is 4.94. The summed E-state index contributed by atoms with van der Waals surface area (Å²) < 4.78 is 14.9. The fourth-order valence-corrected chi connectivity index (χ4v) is 3.11. The predicted octanol–water partition coefficient (Wildman–Crippen LogP) is 2.62. The summed E-state index contributed by atoms with van der Waals surface area (Å²) in [6, 6.07) is 6.34. The molecule has 0 atom stereocenters. The molecule has 0 saturated carbocycles. The molecule has 3 rings (SSSR count). The Morgan fingerprint density at radius 3 is 2.58 bits per heavy atom. The lowest BCUT2D eigenvalue weighted by Crippen LogP contribution is -2.42. The molecule has 2 aromatic rings. The molecular formula is C18H23FN4O. The molecule has 2 heterocycles. The first kappa shape index (κ1) is 16.6. The Morgan fingerprint density at radius 2 is 1.96 bits per heavy atom. The van der Waals surface area contributed by atoms with Gasteiger partial charge in [-0.25, -0.2) is 9.07 Å². The maximum Gasteiger partial charge on any atom is 0.255 e. The quantitative estimate of drug-likeness (QED) is 0.906. The van der Waals surface area contributed by atoms with Gasteiger partial charge < -0.3 is 10.6 Å². The van der Waals surface area contributed by atoms with E-state index >= 15 is 0 Å². The zero-order valence-electron chi connectivity index (χ0n) is 14.1. The fourth-order valence-electron chi connectivity index (χ4n) is 3.11. The Bertz CT molecular complexity index is 702. The zero-order chi connectivity index (χ0) is 17.1. The van der Waals surface area contributed by atoms with E-state index in [0.29, 0.717) is 5.56 Å². The first-order valence-electron chi connectivity index (χ1n) is 8.41. The van der Waals surface area contributed by atoms with Crippen molar-refractivity contribution in [2.75, 3.05) is 13.1 Å². The summed E-state index contributed by atoms with van der Waals surface area (Å²) in [4.78, 5) is 12.7. The molecule has 0 radical (unpaired) electrons. The van der Waals surface area contributed by atoms with E-state index in [-0.39, 0.29) is 23.7 Å². The largest absolute Gasteiger partial charge is 0.349 e. The van der Waals surface area contributed by atoms with Gasteiger partial charge in [0.1, 0.15) is 5.82 Å². The van der Waals surface area contributed by atoms with E-state index in [9.17, 15) is 9.18 Å². The highest BCUT2D eigenvalue weighted by molar-refractivity contribution is 5.95. The third-order valence-corrected chi connectivity index (χ3v) is 4.34. The highest BCUT2D eigenvalue weighted by Gasteiger charge is 2.23. The number of hydrogen-bond donors (Lipinski definition) is 2. The number of nitrogens with zero attached hydrogens (tertiary/aromatic N) is 2. The molecule has 128 valence electrons. The SMILES string of the molecule is CC(C)c1c(C(=O)NC2CCNCC2)cnn1-c1ccc(F)cc1. The second-order valence-corrected chi connectivity index (χ2v) is 6.48. The molecule has 6 heteroatoms. The van der Waals surface area contributed by atoms with Crippen LogP contribution in [0.5, 0.6) is 0 Å². The normalized spacial score (nSPS) is 15.7. The van der Waals surface area contributed by atoms with Gasteiger partial charge in [0, 0.05) is 6.04 Å². The summed E-state index contributed by atoms with van der Waals surface area (Å²) in [6.07, 6.45) is 3.48. The number of nitrogens with one attached hydrogen (secondary N) is 2. The molecule has 0 spiro atoms. The molecule has 1 aliphatic heterocycles. The molecular weight excluding hydrogens is 307 g/mol. The monoisotopic (exact) mass is 330 g/mol. The van der Waals surface area contributed by atoms with Crippen LogP contribution in [0.25, 0.3) is 5.69 Å². The minimum absolute atomic E-state index is 0.0843. The summed E-state index contributed by atoms with van der Waals surface area (Å²) in [7, 11) is 0. The minimum Gasteiger partial charge on any atom is -0.349 e. The molecule has 1 aromatic heterocycles. The molecule has 1 saturated heterocycles. The topological polar surface area (TPSA) is 59.0 Å². The van der Waals surface area contributed by atoms with Crippen LogP contribution in [0, 0.1) is 5.82 Å². The molecule has 0 bridgehead atoms. The van der Waals surface area contributed by atoms with Crippen LogP contribution in [0.15, 0.2) is 30.5 Å². The summed E-state index contributed by atoms with van der Waals surface area (Å²) in [5.41, 5.74) is 2.18. The number of benzene rings is 1. The lowest BCUT2D eigenvalue weighted by Gasteiger charge is -2.24. The maximum atomic E-state index is 13.2. The third kappa shape index (κ3) is 3.48. The van der Waals surface area contributed by atoms with Crippen LogP contribution in [0.3, 0.4) is 0 Å².